The first kappa shape index (κ1) is 18.8. The van der Waals surface area contributed by atoms with Crippen LogP contribution in [-0.4, -0.2) is 25.2 Å². The van der Waals surface area contributed by atoms with Crippen LogP contribution in [0.3, 0.4) is 0 Å². The fraction of sp³-hybridized carbons (Fsp3) is 0.350. The van der Waals surface area contributed by atoms with Crippen LogP contribution in [0.5, 0.6) is 5.75 Å². The van der Waals surface area contributed by atoms with Crippen LogP contribution in [0.25, 0.3) is 0 Å². The zero-order valence-corrected chi connectivity index (χ0v) is 14.5. The molecule has 0 bridgehead atoms. The summed E-state index contributed by atoms with van der Waals surface area (Å²) in [5.41, 5.74) is 1.27. The summed E-state index contributed by atoms with van der Waals surface area (Å²) in [5, 5.41) is 5.75. The van der Waals surface area contributed by atoms with Crippen molar-refractivity contribution in [1.82, 2.24) is 10.6 Å². The third-order valence-electron chi connectivity index (χ3n) is 3.78. The van der Waals surface area contributed by atoms with Crippen LogP contribution in [0.1, 0.15) is 25.3 Å². The molecular weight excluding hydrogens is 319 g/mol. The van der Waals surface area contributed by atoms with Crippen LogP contribution < -0.4 is 15.4 Å². The van der Waals surface area contributed by atoms with E-state index in [1.165, 1.54) is 17.7 Å². The van der Waals surface area contributed by atoms with E-state index in [1.54, 1.807) is 12.1 Å². The molecule has 0 saturated heterocycles. The molecule has 25 heavy (non-hydrogen) atoms. The fourth-order valence-corrected chi connectivity index (χ4v) is 2.37. The minimum Gasteiger partial charge on any atom is -0.494 e. The molecule has 0 aromatic heterocycles. The number of nitrogens with one attached hydrogen (secondary N) is 2. The number of rotatable bonds is 9. The minimum atomic E-state index is -0.285. The Balaban J connectivity index is 1.53. The summed E-state index contributed by atoms with van der Waals surface area (Å²) in [6.07, 6.45) is 2.52. The zero-order chi connectivity index (χ0) is 17.9. The largest absolute Gasteiger partial charge is 0.494 e. The minimum absolute atomic E-state index is 0.107. The molecule has 2 aromatic rings. The highest BCUT2D eigenvalue weighted by atomic mass is 19.1. The van der Waals surface area contributed by atoms with Gasteiger partial charge in [-0.2, -0.15) is 0 Å². The van der Waals surface area contributed by atoms with Gasteiger partial charge in [0.15, 0.2) is 0 Å². The van der Waals surface area contributed by atoms with E-state index in [1.807, 2.05) is 25.1 Å². The van der Waals surface area contributed by atoms with E-state index in [0.29, 0.717) is 25.3 Å². The molecule has 2 N–H and O–H groups in total. The van der Waals surface area contributed by atoms with Crippen molar-refractivity contribution in [2.45, 2.75) is 32.2 Å². The molecule has 0 spiro atoms. The molecule has 0 radical (unpaired) electrons. The van der Waals surface area contributed by atoms with Crippen LogP contribution in [0.15, 0.2) is 54.6 Å². The highest BCUT2D eigenvalue weighted by Gasteiger charge is 2.06. The number of ether oxygens (including phenoxy) is 1. The molecule has 2 amide bonds. The number of amides is 2. The topological polar surface area (TPSA) is 50.4 Å². The lowest BCUT2D eigenvalue weighted by Crippen LogP contribution is -2.41. The van der Waals surface area contributed by atoms with Gasteiger partial charge in [-0.3, -0.25) is 0 Å². The normalized spacial score (nSPS) is 11.6. The summed E-state index contributed by atoms with van der Waals surface area (Å²) in [6, 6.07) is 16.1. The molecule has 0 heterocycles. The maximum Gasteiger partial charge on any atom is 0.314 e. The third-order valence-corrected chi connectivity index (χ3v) is 3.78. The average Bonchev–Trinajstić information content (AvgIpc) is 2.62. The first-order valence-corrected chi connectivity index (χ1v) is 8.60. The summed E-state index contributed by atoms with van der Waals surface area (Å²) in [4.78, 5) is 11.8. The van der Waals surface area contributed by atoms with E-state index in [9.17, 15) is 9.18 Å². The van der Waals surface area contributed by atoms with Gasteiger partial charge in [0.25, 0.3) is 0 Å². The van der Waals surface area contributed by atoms with Gasteiger partial charge < -0.3 is 15.4 Å². The van der Waals surface area contributed by atoms with Gasteiger partial charge >= 0.3 is 6.03 Å². The number of carbonyl (C=O) groups excluding carboxylic acids is 1. The van der Waals surface area contributed by atoms with Gasteiger partial charge in [-0.05, 0) is 56.0 Å². The number of hydrogen-bond acceptors (Lipinski definition) is 2. The van der Waals surface area contributed by atoms with E-state index in [2.05, 4.69) is 22.8 Å². The molecule has 1 unspecified atom stereocenters. The Kier molecular flexibility index (Phi) is 7.76. The second-order valence-corrected chi connectivity index (χ2v) is 5.98. The number of aryl methyl sites for hydroxylation is 1. The van der Waals surface area contributed by atoms with Crippen LogP contribution in [0.2, 0.25) is 0 Å². The lowest BCUT2D eigenvalue weighted by atomic mass is 10.1. The maximum atomic E-state index is 12.8. The second-order valence-electron chi connectivity index (χ2n) is 5.98. The van der Waals surface area contributed by atoms with Crippen molar-refractivity contribution < 1.29 is 13.9 Å². The van der Waals surface area contributed by atoms with Crippen LogP contribution in [0, 0.1) is 5.82 Å². The van der Waals surface area contributed by atoms with Crippen molar-refractivity contribution in [2.75, 3.05) is 13.2 Å². The molecule has 0 fully saturated rings. The van der Waals surface area contributed by atoms with Crippen molar-refractivity contribution in [3.05, 3.63) is 66.0 Å². The number of carbonyl (C=O) groups is 1. The van der Waals surface area contributed by atoms with Gasteiger partial charge in [0.2, 0.25) is 0 Å². The van der Waals surface area contributed by atoms with Crippen molar-refractivity contribution >= 4 is 6.03 Å². The molecule has 2 rings (SSSR count). The molecule has 2 aromatic carbocycles. The average molecular weight is 344 g/mol. The quantitative estimate of drug-likeness (QED) is 0.678. The van der Waals surface area contributed by atoms with E-state index in [0.717, 1.165) is 12.8 Å². The van der Waals surface area contributed by atoms with Gasteiger partial charge in [-0.25, -0.2) is 9.18 Å². The van der Waals surface area contributed by atoms with E-state index >= 15 is 0 Å². The van der Waals surface area contributed by atoms with Crippen molar-refractivity contribution in [3.8, 4) is 5.75 Å². The number of benzene rings is 2. The molecule has 0 aliphatic rings. The summed E-state index contributed by atoms with van der Waals surface area (Å²) < 4.78 is 18.2. The Bertz CT molecular complexity index is 632. The van der Waals surface area contributed by atoms with E-state index in [-0.39, 0.29) is 17.9 Å². The molecule has 5 heteroatoms. The second kappa shape index (κ2) is 10.3. The number of hydrogen-bond donors (Lipinski definition) is 2. The van der Waals surface area contributed by atoms with Crippen molar-refractivity contribution in [2.24, 2.45) is 0 Å². The van der Waals surface area contributed by atoms with Gasteiger partial charge in [-0.15, -0.1) is 0 Å². The fourth-order valence-electron chi connectivity index (χ4n) is 2.37. The number of urea groups is 1. The molecule has 0 aliphatic heterocycles. The van der Waals surface area contributed by atoms with Gasteiger partial charge in [0.1, 0.15) is 11.6 Å². The van der Waals surface area contributed by atoms with Gasteiger partial charge in [-0.1, -0.05) is 30.3 Å². The number of halogens is 1. The summed E-state index contributed by atoms with van der Waals surface area (Å²) in [6.45, 7) is 2.99. The van der Waals surface area contributed by atoms with Crippen molar-refractivity contribution in [1.29, 1.82) is 0 Å². The van der Waals surface area contributed by atoms with E-state index < -0.39 is 0 Å². The van der Waals surface area contributed by atoms with Gasteiger partial charge in [0.05, 0.1) is 6.61 Å². The first-order chi connectivity index (χ1) is 12.1. The monoisotopic (exact) mass is 344 g/mol. The summed E-state index contributed by atoms with van der Waals surface area (Å²) >= 11 is 0. The Morgan fingerprint density at radius 3 is 2.56 bits per heavy atom. The van der Waals surface area contributed by atoms with Crippen LogP contribution in [-0.2, 0) is 6.42 Å². The first-order valence-electron chi connectivity index (χ1n) is 8.60. The molecule has 0 aliphatic carbocycles. The zero-order valence-electron chi connectivity index (χ0n) is 14.5. The Morgan fingerprint density at radius 1 is 1.12 bits per heavy atom. The smallest absolute Gasteiger partial charge is 0.314 e. The maximum absolute atomic E-state index is 12.8. The molecular formula is C20H25FN2O2. The Morgan fingerprint density at radius 2 is 1.84 bits per heavy atom. The third kappa shape index (κ3) is 7.70. The standard InChI is InChI=1S/C20H25FN2O2/c1-16(8-9-17-6-3-2-4-7-17)23-20(24)22-14-5-15-25-19-12-10-18(21)11-13-19/h2-4,6-7,10-13,16H,5,8-9,14-15H2,1H3,(H2,22,23,24). The Labute approximate surface area is 148 Å². The predicted molar refractivity (Wildman–Crippen MR) is 97.3 cm³/mol. The van der Waals surface area contributed by atoms with E-state index in [4.69, 9.17) is 4.74 Å². The molecule has 4 nitrogen and oxygen atoms in total. The van der Waals surface area contributed by atoms with Gasteiger partial charge in [0, 0.05) is 12.6 Å². The van der Waals surface area contributed by atoms with Crippen LogP contribution >= 0.6 is 0 Å². The Hall–Kier alpha value is -2.56. The van der Waals surface area contributed by atoms with Crippen LogP contribution in [0.4, 0.5) is 9.18 Å². The summed E-state index contributed by atoms with van der Waals surface area (Å²) in [5.74, 6) is 0.340. The summed E-state index contributed by atoms with van der Waals surface area (Å²) in [7, 11) is 0. The lowest BCUT2D eigenvalue weighted by molar-refractivity contribution is 0.235. The SMILES string of the molecule is CC(CCc1ccccc1)NC(=O)NCCCOc1ccc(F)cc1. The van der Waals surface area contributed by atoms with Crippen molar-refractivity contribution in [3.63, 3.8) is 0 Å². The highest BCUT2D eigenvalue weighted by molar-refractivity contribution is 5.74. The molecule has 1 atom stereocenters. The lowest BCUT2D eigenvalue weighted by Gasteiger charge is -2.14. The molecule has 134 valence electrons. The highest BCUT2D eigenvalue weighted by Crippen LogP contribution is 2.11. The molecule has 0 saturated carbocycles. The predicted octanol–water partition coefficient (Wildman–Crippen LogP) is 3.92.